The maximum Gasteiger partial charge on any atom is 0.255 e. The van der Waals surface area contributed by atoms with E-state index in [1.54, 1.807) is 36.7 Å². The molecule has 29 heavy (non-hydrogen) atoms. The van der Waals surface area contributed by atoms with E-state index in [0.29, 0.717) is 23.5 Å². The van der Waals surface area contributed by atoms with Gasteiger partial charge >= 0.3 is 0 Å². The minimum Gasteiger partial charge on any atom is -0.488 e. The highest BCUT2D eigenvalue weighted by atomic mass is 16.5. The lowest BCUT2D eigenvalue weighted by Crippen LogP contribution is -2.13. The quantitative estimate of drug-likeness (QED) is 0.651. The Kier molecular flexibility index (Phi) is 6.24. The highest BCUT2D eigenvalue weighted by Gasteiger charge is 2.12. The van der Waals surface area contributed by atoms with Gasteiger partial charge in [-0.3, -0.25) is 14.6 Å². The standard InChI is InChI=1S/C23H23N3O3/c1-15-11-19(12-16(2)22(15)29-14-18-5-4-10-24-13-18)23(28)26-21-8-6-20(7-9-21)25-17(3)27/h4-13H,14H2,1-3H3,(H,25,27)(H,26,28). The number of carbonyl (C=O) groups excluding carboxylic acids is 2. The first kappa shape index (κ1) is 20.1. The van der Waals surface area contributed by atoms with Crippen LogP contribution in [0.5, 0.6) is 5.75 Å². The largest absolute Gasteiger partial charge is 0.488 e. The van der Waals surface area contributed by atoms with E-state index in [0.717, 1.165) is 22.4 Å². The summed E-state index contributed by atoms with van der Waals surface area (Å²) in [5.74, 6) is 0.422. The summed E-state index contributed by atoms with van der Waals surface area (Å²) in [6.45, 7) is 5.71. The number of hydrogen-bond acceptors (Lipinski definition) is 4. The second kappa shape index (κ2) is 9.01. The zero-order valence-corrected chi connectivity index (χ0v) is 16.7. The van der Waals surface area contributed by atoms with Crippen molar-refractivity contribution in [1.82, 2.24) is 4.98 Å². The lowest BCUT2D eigenvalue weighted by molar-refractivity contribution is -0.114. The molecule has 6 heteroatoms. The van der Waals surface area contributed by atoms with Crippen LogP contribution in [-0.2, 0) is 11.4 Å². The third kappa shape index (κ3) is 5.42. The van der Waals surface area contributed by atoms with Crippen LogP contribution >= 0.6 is 0 Å². The Morgan fingerprint density at radius 2 is 1.59 bits per heavy atom. The van der Waals surface area contributed by atoms with Crippen molar-refractivity contribution in [3.8, 4) is 5.75 Å². The van der Waals surface area contributed by atoms with Gasteiger partial charge in [0.2, 0.25) is 5.91 Å². The van der Waals surface area contributed by atoms with Gasteiger partial charge in [-0.15, -0.1) is 0 Å². The molecule has 0 unspecified atom stereocenters. The van der Waals surface area contributed by atoms with Crippen molar-refractivity contribution in [3.05, 3.63) is 83.2 Å². The molecule has 2 amide bonds. The van der Waals surface area contributed by atoms with Gasteiger partial charge in [-0.1, -0.05) is 6.07 Å². The van der Waals surface area contributed by atoms with Crippen LogP contribution in [0.15, 0.2) is 60.9 Å². The van der Waals surface area contributed by atoms with E-state index in [2.05, 4.69) is 15.6 Å². The number of hydrogen-bond donors (Lipinski definition) is 2. The number of carbonyl (C=O) groups is 2. The predicted octanol–water partition coefficient (Wildman–Crippen LogP) is 4.49. The normalized spacial score (nSPS) is 10.3. The van der Waals surface area contributed by atoms with Crippen LogP contribution < -0.4 is 15.4 Å². The zero-order chi connectivity index (χ0) is 20.8. The lowest BCUT2D eigenvalue weighted by atomic mass is 10.0. The van der Waals surface area contributed by atoms with Crippen molar-refractivity contribution in [3.63, 3.8) is 0 Å². The average Bonchev–Trinajstić information content (AvgIpc) is 2.69. The smallest absolute Gasteiger partial charge is 0.255 e. The Balaban J connectivity index is 1.68. The van der Waals surface area contributed by atoms with E-state index >= 15 is 0 Å². The van der Waals surface area contributed by atoms with E-state index in [-0.39, 0.29) is 11.8 Å². The molecule has 6 nitrogen and oxygen atoms in total. The fourth-order valence-electron chi connectivity index (χ4n) is 2.99. The van der Waals surface area contributed by atoms with Crippen LogP contribution in [0.4, 0.5) is 11.4 Å². The zero-order valence-electron chi connectivity index (χ0n) is 16.7. The van der Waals surface area contributed by atoms with Crippen LogP contribution in [0.25, 0.3) is 0 Å². The third-order valence-electron chi connectivity index (χ3n) is 4.29. The second-order valence-electron chi connectivity index (χ2n) is 6.80. The maximum absolute atomic E-state index is 12.6. The first-order chi connectivity index (χ1) is 13.9. The van der Waals surface area contributed by atoms with Crippen LogP contribution in [0.1, 0.15) is 34.0 Å². The van der Waals surface area contributed by atoms with Crippen molar-refractivity contribution in [2.45, 2.75) is 27.4 Å². The number of nitrogens with zero attached hydrogens (tertiary/aromatic N) is 1. The van der Waals surface area contributed by atoms with E-state index in [1.807, 2.05) is 38.1 Å². The molecule has 0 bridgehead atoms. The van der Waals surface area contributed by atoms with Gasteiger partial charge in [-0.2, -0.15) is 0 Å². The molecule has 0 saturated carbocycles. The Morgan fingerprint density at radius 1 is 0.966 bits per heavy atom. The van der Waals surface area contributed by atoms with Crippen molar-refractivity contribution in [2.24, 2.45) is 0 Å². The van der Waals surface area contributed by atoms with E-state index in [4.69, 9.17) is 4.74 Å². The van der Waals surface area contributed by atoms with Gasteiger partial charge in [0.05, 0.1) is 0 Å². The SMILES string of the molecule is CC(=O)Nc1ccc(NC(=O)c2cc(C)c(OCc3cccnc3)c(C)c2)cc1. The summed E-state index contributed by atoms with van der Waals surface area (Å²) in [7, 11) is 0. The van der Waals surface area contributed by atoms with Crippen molar-refractivity contribution < 1.29 is 14.3 Å². The number of aryl methyl sites for hydroxylation is 2. The minimum atomic E-state index is -0.206. The number of aromatic nitrogens is 1. The average molecular weight is 389 g/mol. The van der Waals surface area contributed by atoms with Crippen molar-refractivity contribution in [2.75, 3.05) is 10.6 Å². The summed E-state index contributed by atoms with van der Waals surface area (Å²) in [5.41, 5.74) is 4.64. The Morgan fingerprint density at radius 3 is 2.14 bits per heavy atom. The van der Waals surface area contributed by atoms with Crippen LogP contribution in [0.3, 0.4) is 0 Å². The molecule has 0 fully saturated rings. The highest BCUT2D eigenvalue weighted by Crippen LogP contribution is 2.26. The van der Waals surface area contributed by atoms with E-state index in [9.17, 15) is 9.59 Å². The first-order valence-electron chi connectivity index (χ1n) is 9.24. The number of anilines is 2. The summed E-state index contributed by atoms with van der Waals surface area (Å²) < 4.78 is 5.95. The fourth-order valence-corrected chi connectivity index (χ4v) is 2.99. The number of ether oxygens (including phenoxy) is 1. The Hall–Kier alpha value is -3.67. The third-order valence-corrected chi connectivity index (χ3v) is 4.29. The molecule has 1 heterocycles. The highest BCUT2D eigenvalue weighted by molar-refractivity contribution is 6.04. The molecule has 0 saturated heterocycles. The predicted molar refractivity (Wildman–Crippen MR) is 113 cm³/mol. The molecule has 3 aromatic rings. The molecule has 2 N–H and O–H groups in total. The van der Waals surface area contributed by atoms with E-state index < -0.39 is 0 Å². The summed E-state index contributed by atoms with van der Waals surface area (Å²) in [6, 6.07) is 14.4. The summed E-state index contributed by atoms with van der Waals surface area (Å²) in [4.78, 5) is 27.8. The second-order valence-corrected chi connectivity index (χ2v) is 6.80. The molecule has 0 aliphatic heterocycles. The summed E-state index contributed by atoms with van der Waals surface area (Å²) in [5, 5.41) is 5.56. The number of nitrogens with one attached hydrogen (secondary N) is 2. The molecule has 0 radical (unpaired) electrons. The van der Waals surface area contributed by atoms with Crippen LogP contribution in [0, 0.1) is 13.8 Å². The Labute approximate surface area is 169 Å². The molecule has 1 aromatic heterocycles. The molecule has 2 aromatic carbocycles. The van der Waals surface area contributed by atoms with Crippen molar-refractivity contribution in [1.29, 1.82) is 0 Å². The number of amides is 2. The molecule has 148 valence electrons. The molecular weight excluding hydrogens is 366 g/mol. The number of pyridine rings is 1. The summed E-state index contributed by atoms with van der Waals surface area (Å²) in [6.07, 6.45) is 3.49. The van der Waals surface area contributed by atoms with Crippen molar-refractivity contribution >= 4 is 23.2 Å². The monoisotopic (exact) mass is 389 g/mol. The maximum atomic E-state index is 12.6. The van der Waals surface area contributed by atoms with E-state index in [1.165, 1.54) is 6.92 Å². The first-order valence-corrected chi connectivity index (χ1v) is 9.24. The Bertz CT molecular complexity index is 992. The van der Waals surface area contributed by atoms with Gasteiger partial charge in [-0.25, -0.2) is 0 Å². The number of rotatable bonds is 6. The van der Waals surface area contributed by atoms with Crippen LogP contribution in [0.2, 0.25) is 0 Å². The van der Waals surface area contributed by atoms with Gasteiger partial charge in [-0.05, 0) is 67.4 Å². The van der Waals surface area contributed by atoms with Crippen LogP contribution in [-0.4, -0.2) is 16.8 Å². The van der Waals surface area contributed by atoms with Gasteiger partial charge in [0.25, 0.3) is 5.91 Å². The molecule has 0 atom stereocenters. The van der Waals surface area contributed by atoms with Gasteiger partial charge < -0.3 is 15.4 Å². The molecule has 3 rings (SSSR count). The number of benzene rings is 2. The molecule has 0 aliphatic carbocycles. The molecule has 0 spiro atoms. The topological polar surface area (TPSA) is 80.3 Å². The summed E-state index contributed by atoms with van der Waals surface area (Å²) >= 11 is 0. The lowest BCUT2D eigenvalue weighted by Gasteiger charge is -2.14. The van der Waals surface area contributed by atoms with Gasteiger partial charge in [0, 0.05) is 41.8 Å². The van der Waals surface area contributed by atoms with Gasteiger partial charge in [0.1, 0.15) is 12.4 Å². The van der Waals surface area contributed by atoms with Gasteiger partial charge in [0.15, 0.2) is 0 Å². The fraction of sp³-hybridized carbons (Fsp3) is 0.174. The minimum absolute atomic E-state index is 0.140. The molecule has 0 aliphatic rings. The molecular formula is C23H23N3O3.